The third-order valence-corrected chi connectivity index (χ3v) is 4.99. The van der Waals surface area contributed by atoms with Crippen LogP contribution in [0.25, 0.3) is 0 Å². The standard InChI is InChI=1S/C19H20N4O5S/c1-9(2)28-18(25)13-10(3)20-16-15(17(24)22-19(21-16)29-4)14(13)11-5-7-12(8-6-11)23(26)27/h5-9,14H,1-4H3,(H2,20,21,22,24)/t14-/m1/s1. The molecule has 2 heterocycles. The van der Waals surface area contributed by atoms with Crippen molar-refractivity contribution in [2.24, 2.45) is 0 Å². The summed E-state index contributed by atoms with van der Waals surface area (Å²) in [5.74, 6) is -0.988. The number of allylic oxidation sites excluding steroid dienone is 1. The molecule has 0 amide bonds. The molecule has 1 atom stereocenters. The highest BCUT2D eigenvalue weighted by Crippen LogP contribution is 2.40. The second-order valence-corrected chi connectivity index (χ2v) is 7.53. The van der Waals surface area contributed by atoms with Crippen molar-refractivity contribution in [1.29, 1.82) is 0 Å². The van der Waals surface area contributed by atoms with E-state index in [1.54, 1.807) is 27.0 Å². The number of hydrogen-bond acceptors (Lipinski definition) is 8. The quantitative estimate of drug-likeness (QED) is 0.250. The summed E-state index contributed by atoms with van der Waals surface area (Å²) >= 11 is 1.29. The Hall–Kier alpha value is -3.14. The van der Waals surface area contributed by atoms with E-state index in [2.05, 4.69) is 15.3 Å². The third-order valence-electron chi connectivity index (χ3n) is 4.41. The number of nitrogens with zero attached hydrogens (tertiary/aromatic N) is 2. The van der Waals surface area contributed by atoms with Crippen LogP contribution in [0.4, 0.5) is 11.5 Å². The second-order valence-electron chi connectivity index (χ2n) is 6.74. The number of nitro groups is 1. The number of rotatable bonds is 5. The van der Waals surface area contributed by atoms with E-state index in [4.69, 9.17) is 4.74 Å². The fourth-order valence-corrected chi connectivity index (χ4v) is 3.57. The molecule has 0 unspecified atom stereocenters. The molecule has 1 aromatic heterocycles. The summed E-state index contributed by atoms with van der Waals surface area (Å²) in [4.78, 5) is 43.3. The minimum Gasteiger partial charge on any atom is -0.460 e. The third kappa shape index (κ3) is 4.02. The molecule has 0 saturated heterocycles. The number of aromatic amines is 1. The van der Waals surface area contributed by atoms with Gasteiger partial charge in [0.2, 0.25) is 0 Å². The number of hydrogen-bond donors (Lipinski definition) is 2. The van der Waals surface area contributed by atoms with Crippen LogP contribution in [0.2, 0.25) is 0 Å². The minimum absolute atomic E-state index is 0.0836. The summed E-state index contributed by atoms with van der Waals surface area (Å²) < 4.78 is 5.39. The molecule has 1 aliphatic heterocycles. The van der Waals surface area contributed by atoms with Crippen molar-refractivity contribution in [3.05, 3.63) is 67.1 Å². The SMILES string of the molecule is CSc1nc2c(c(=O)[nH]1)[C@H](c1ccc([N+](=O)[O-])cc1)C(C(=O)OC(C)C)=C(C)N2. The van der Waals surface area contributed by atoms with Gasteiger partial charge in [0.1, 0.15) is 5.82 Å². The van der Waals surface area contributed by atoms with Gasteiger partial charge in [-0.15, -0.1) is 0 Å². The lowest BCUT2D eigenvalue weighted by atomic mass is 9.82. The van der Waals surface area contributed by atoms with Gasteiger partial charge in [-0.05, 0) is 32.6 Å². The fraction of sp³-hybridized carbons (Fsp3) is 0.316. The molecule has 2 aromatic rings. The predicted octanol–water partition coefficient (Wildman–Crippen LogP) is 3.18. The van der Waals surface area contributed by atoms with Crippen LogP contribution < -0.4 is 10.9 Å². The van der Waals surface area contributed by atoms with Gasteiger partial charge in [0.25, 0.3) is 11.2 Å². The number of esters is 1. The maximum atomic E-state index is 12.9. The summed E-state index contributed by atoms with van der Waals surface area (Å²) in [6.45, 7) is 5.18. The first-order valence-electron chi connectivity index (χ1n) is 8.84. The molecule has 1 aromatic carbocycles. The number of nitrogens with one attached hydrogen (secondary N) is 2. The summed E-state index contributed by atoms with van der Waals surface area (Å²) in [6, 6.07) is 5.76. The number of benzene rings is 1. The first-order valence-corrected chi connectivity index (χ1v) is 10.1. The Labute approximate surface area is 170 Å². The highest BCUT2D eigenvalue weighted by molar-refractivity contribution is 7.98. The molecular formula is C19H20N4O5S. The zero-order chi connectivity index (χ0) is 21.3. The molecule has 9 nitrogen and oxygen atoms in total. The number of anilines is 1. The summed E-state index contributed by atoms with van der Waals surface area (Å²) in [6.07, 6.45) is 1.44. The number of fused-ring (bicyclic) bond motifs is 1. The molecule has 0 radical (unpaired) electrons. The smallest absolute Gasteiger partial charge is 0.337 e. The van der Waals surface area contributed by atoms with E-state index in [1.165, 1.54) is 36.0 Å². The van der Waals surface area contributed by atoms with Crippen LogP contribution in [-0.4, -0.2) is 33.2 Å². The van der Waals surface area contributed by atoms with Crippen LogP contribution in [-0.2, 0) is 9.53 Å². The van der Waals surface area contributed by atoms with Crippen molar-refractivity contribution in [2.75, 3.05) is 11.6 Å². The van der Waals surface area contributed by atoms with Crippen molar-refractivity contribution >= 4 is 29.2 Å². The topological polar surface area (TPSA) is 127 Å². The number of thioether (sulfide) groups is 1. The summed E-state index contributed by atoms with van der Waals surface area (Å²) in [5.41, 5.74) is 1.12. The van der Waals surface area contributed by atoms with Gasteiger partial charge in [0.15, 0.2) is 5.16 Å². The monoisotopic (exact) mass is 416 g/mol. The minimum atomic E-state index is -0.773. The van der Waals surface area contributed by atoms with E-state index in [0.717, 1.165) is 0 Å². The van der Waals surface area contributed by atoms with Gasteiger partial charge < -0.3 is 15.0 Å². The van der Waals surface area contributed by atoms with Crippen molar-refractivity contribution < 1.29 is 14.5 Å². The second kappa shape index (κ2) is 8.08. The largest absolute Gasteiger partial charge is 0.460 e. The number of carbonyl (C=O) groups excluding carboxylic acids is 1. The Morgan fingerprint density at radius 2 is 1.97 bits per heavy atom. The number of carbonyl (C=O) groups is 1. The number of nitro benzene ring substituents is 1. The molecule has 0 aliphatic carbocycles. The van der Waals surface area contributed by atoms with Crippen LogP contribution in [0.3, 0.4) is 0 Å². The lowest BCUT2D eigenvalue weighted by molar-refractivity contribution is -0.384. The zero-order valence-electron chi connectivity index (χ0n) is 16.3. The van der Waals surface area contributed by atoms with Gasteiger partial charge in [-0.1, -0.05) is 23.9 Å². The van der Waals surface area contributed by atoms with Crippen molar-refractivity contribution in [1.82, 2.24) is 9.97 Å². The molecule has 3 rings (SSSR count). The number of non-ortho nitro benzene ring substituents is 1. The number of ether oxygens (including phenoxy) is 1. The van der Waals surface area contributed by atoms with E-state index in [0.29, 0.717) is 22.2 Å². The summed E-state index contributed by atoms with van der Waals surface area (Å²) in [5, 5.41) is 14.5. The Morgan fingerprint density at radius 1 is 1.31 bits per heavy atom. The van der Waals surface area contributed by atoms with E-state index >= 15 is 0 Å². The van der Waals surface area contributed by atoms with Crippen molar-refractivity contribution in [3.8, 4) is 0 Å². The van der Waals surface area contributed by atoms with E-state index in [1.807, 2.05) is 0 Å². The van der Waals surface area contributed by atoms with E-state index in [9.17, 15) is 19.7 Å². The highest BCUT2D eigenvalue weighted by Gasteiger charge is 2.36. The molecule has 29 heavy (non-hydrogen) atoms. The Morgan fingerprint density at radius 3 is 2.52 bits per heavy atom. The van der Waals surface area contributed by atoms with Crippen molar-refractivity contribution in [3.63, 3.8) is 0 Å². The van der Waals surface area contributed by atoms with E-state index in [-0.39, 0.29) is 22.9 Å². The van der Waals surface area contributed by atoms with Gasteiger partial charge in [0.05, 0.1) is 28.1 Å². The van der Waals surface area contributed by atoms with E-state index < -0.39 is 22.4 Å². The number of H-pyrrole nitrogens is 1. The average Bonchev–Trinajstić information content (AvgIpc) is 2.66. The molecule has 10 heteroatoms. The Kier molecular flexibility index (Phi) is 5.73. The first kappa shape index (κ1) is 20.6. The molecule has 0 saturated carbocycles. The van der Waals surface area contributed by atoms with Gasteiger partial charge in [-0.3, -0.25) is 14.9 Å². The van der Waals surface area contributed by atoms with Gasteiger partial charge >= 0.3 is 5.97 Å². The number of aromatic nitrogens is 2. The van der Waals surface area contributed by atoms with Gasteiger partial charge in [-0.2, -0.15) is 0 Å². The molecule has 0 fully saturated rings. The maximum absolute atomic E-state index is 12.9. The van der Waals surface area contributed by atoms with Crippen LogP contribution in [0.5, 0.6) is 0 Å². The predicted molar refractivity (Wildman–Crippen MR) is 109 cm³/mol. The molecule has 0 bridgehead atoms. The zero-order valence-corrected chi connectivity index (χ0v) is 17.1. The van der Waals surface area contributed by atoms with Gasteiger partial charge in [-0.25, -0.2) is 9.78 Å². The molecule has 152 valence electrons. The van der Waals surface area contributed by atoms with Crippen molar-refractivity contribution in [2.45, 2.75) is 37.9 Å². The van der Waals surface area contributed by atoms with Crippen LogP contribution in [0.1, 0.15) is 37.8 Å². The summed E-state index contributed by atoms with van der Waals surface area (Å²) in [7, 11) is 0. The lowest BCUT2D eigenvalue weighted by Crippen LogP contribution is -2.31. The highest BCUT2D eigenvalue weighted by atomic mass is 32.2. The first-order chi connectivity index (χ1) is 13.7. The average molecular weight is 416 g/mol. The normalized spacial score (nSPS) is 15.7. The van der Waals surface area contributed by atoms with Crippen LogP contribution in [0, 0.1) is 10.1 Å². The molecular weight excluding hydrogens is 396 g/mol. The molecule has 2 N–H and O–H groups in total. The van der Waals surface area contributed by atoms with Crippen LogP contribution >= 0.6 is 11.8 Å². The van der Waals surface area contributed by atoms with Crippen LogP contribution in [0.15, 0.2) is 45.5 Å². The lowest BCUT2D eigenvalue weighted by Gasteiger charge is -2.29. The van der Waals surface area contributed by atoms with Gasteiger partial charge in [0, 0.05) is 17.8 Å². The Bertz CT molecular complexity index is 1060. The fourth-order valence-electron chi connectivity index (χ4n) is 3.20. The molecule has 1 aliphatic rings. The Balaban J connectivity index is 2.22. The molecule has 0 spiro atoms. The maximum Gasteiger partial charge on any atom is 0.337 e.